The van der Waals surface area contributed by atoms with E-state index in [1.54, 1.807) is 0 Å². The standard InChI is InChI=1S/C16H27N2O/c1-18-9-3-5-12-11-17-14(7-2-8-15(17)19)13(16(12)18)6-4-10-18/h12-14,16H,2-11H2,1H3/q+1/t12-,13+,14-,16-,18-/m1/s1. The Morgan fingerprint density at radius 1 is 1.11 bits per heavy atom. The molecule has 1 amide bonds. The number of nitrogens with zero attached hydrogens (tertiary/aromatic N) is 2. The second kappa shape index (κ2) is 4.21. The van der Waals surface area contributed by atoms with E-state index in [0.717, 1.165) is 37.3 Å². The Morgan fingerprint density at radius 3 is 2.74 bits per heavy atom. The number of hydrogen-bond acceptors (Lipinski definition) is 1. The second-order valence-corrected chi connectivity index (χ2v) is 7.63. The number of carbonyl (C=O) groups is 1. The maximum atomic E-state index is 12.3. The van der Waals surface area contributed by atoms with Crippen LogP contribution in [0.2, 0.25) is 0 Å². The van der Waals surface area contributed by atoms with Crippen molar-refractivity contribution in [1.29, 1.82) is 0 Å². The average molecular weight is 263 g/mol. The van der Waals surface area contributed by atoms with E-state index in [9.17, 15) is 4.79 Å². The van der Waals surface area contributed by atoms with Crippen LogP contribution in [0.4, 0.5) is 0 Å². The van der Waals surface area contributed by atoms with Crippen molar-refractivity contribution in [1.82, 2.24) is 4.90 Å². The van der Waals surface area contributed by atoms with Gasteiger partial charge in [0.2, 0.25) is 5.91 Å². The summed E-state index contributed by atoms with van der Waals surface area (Å²) in [5.41, 5.74) is 0. The fourth-order valence-corrected chi connectivity index (χ4v) is 5.98. The zero-order chi connectivity index (χ0) is 13.0. The lowest BCUT2D eigenvalue weighted by molar-refractivity contribution is -0.952. The van der Waals surface area contributed by atoms with Gasteiger partial charge in [-0.3, -0.25) is 4.79 Å². The molecule has 0 saturated carbocycles. The van der Waals surface area contributed by atoms with Crippen molar-refractivity contribution < 1.29 is 9.28 Å². The highest BCUT2D eigenvalue weighted by atomic mass is 16.2. The van der Waals surface area contributed by atoms with Crippen molar-refractivity contribution in [2.24, 2.45) is 11.8 Å². The molecule has 4 heterocycles. The first-order valence-electron chi connectivity index (χ1n) is 8.33. The molecular formula is C16H27N2O+. The molecule has 0 unspecified atom stereocenters. The van der Waals surface area contributed by atoms with Gasteiger partial charge in [0.25, 0.3) is 0 Å². The fourth-order valence-electron chi connectivity index (χ4n) is 5.98. The molecule has 5 atom stereocenters. The van der Waals surface area contributed by atoms with Gasteiger partial charge in [-0.05, 0) is 38.5 Å². The van der Waals surface area contributed by atoms with Gasteiger partial charge in [-0.2, -0.15) is 0 Å². The Kier molecular flexibility index (Phi) is 2.70. The number of quaternary nitrogens is 1. The summed E-state index contributed by atoms with van der Waals surface area (Å²) in [6.45, 7) is 3.86. The number of piperidine rings is 4. The van der Waals surface area contributed by atoms with E-state index in [1.165, 1.54) is 49.7 Å². The highest BCUT2D eigenvalue weighted by molar-refractivity contribution is 5.77. The molecule has 0 aliphatic carbocycles. The van der Waals surface area contributed by atoms with Gasteiger partial charge in [-0.1, -0.05) is 0 Å². The molecule has 4 rings (SSSR count). The van der Waals surface area contributed by atoms with Gasteiger partial charge in [0.05, 0.1) is 26.2 Å². The first-order chi connectivity index (χ1) is 9.19. The van der Waals surface area contributed by atoms with Gasteiger partial charge in [0, 0.05) is 30.8 Å². The minimum atomic E-state index is 0.458. The summed E-state index contributed by atoms with van der Waals surface area (Å²) < 4.78 is 1.33. The van der Waals surface area contributed by atoms with Gasteiger partial charge < -0.3 is 9.38 Å². The summed E-state index contributed by atoms with van der Waals surface area (Å²) in [4.78, 5) is 14.6. The Bertz CT molecular complexity index is 392. The number of fused-ring (bicyclic) bond motifs is 2. The van der Waals surface area contributed by atoms with E-state index in [4.69, 9.17) is 0 Å². The molecule has 3 heteroatoms. The Hall–Kier alpha value is -0.570. The molecule has 0 radical (unpaired) electrons. The molecule has 0 spiro atoms. The van der Waals surface area contributed by atoms with Crippen molar-refractivity contribution in [3.63, 3.8) is 0 Å². The summed E-state index contributed by atoms with van der Waals surface area (Å²) in [6, 6.07) is 1.47. The maximum absolute atomic E-state index is 12.3. The molecule has 106 valence electrons. The average Bonchev–Trinajstić information content (AvgIpc) is 2.40. The van der Waals surface area contributed by atoms with Gasteiger partial charge in [-0.25, -0.2) is 0 Å². The number of hydrogen-bond donors (Lipinski definition) is 0. The molecule has 4 aliphatic heterocycles. The molecule has 0 aromatic rings. The topological polar surface area (TPSA) is 20.3 Å². The van der Waals surface area contributed by atoms with Crippen LogP contribution in [0, 0.1) is 11.8 Å². The number of amides is 1. The largest absolute Gasteiger partial charge is 0.339 e. The fraction of sp³-hybridized carbons (Fsp3) is 0.938. The normalized spacial score (nSPS) is 49.5. The van der Waals surface area contributed by atoms with Gasteiger partial charge in [0.15, 0.2) is 0 Å². The summed E-state index contributed by atoms with van der Waals surface area (Å²) in [6.07, 6.45) is 8.72. The number of rotatable bonds is 0. The Labute approximate surface area is 116 Å². The van der Waals surface area contributed by atoms with E-state index in [2.05, 4.69) is 11.9 Å². The summed E-state index contributed by atoms with van der Waals surface area (Å²) in [5, 5.41) is 0. The Morgan fingerprint density at radius 2 is 1.89 bits per heavy atom. The van der Waals surface area contributed by atoms with E-state index < -0.39 is 0 Å². The minimum absolute atomic E-state index is 0.458. The minimum Gasteiger partial charge on any atom is -0.339 e. The van der Waals surface area contributed by atoms with Crippen LogP contribution in [0.3, 0.4) is 0 Å². The highest BCUT2D eigenvalue weighted by Gasteiger charge is 2.56. The molecule has 0 aromatic heterocycles. The van der Waals surface area contributed by atoms with E-state index in [-0.39, 0.29) is 0 Å². The summed E-state index contributed by atoms with van der Waals surface area (Å²) in [7, 11) is 2.50. The van der Waals surface area contributed by atoms with Crippen LogP contribution in [0.1, 0.15) is 44.9 Å². The lowest BCUT2D eigenvalue weighted by atomic mass is 9.67. The lowest BCUT2D eigenvalue weighted by Gasteiger charge is -2.61. The van der Waals surface area contributed by atoms with Crippen molar-refractivity contribution in [2.75, 3.05) is 26.7 Å². The SMILES string of the molecule is C[N@@+]12CCC[C@@H]3CN4C(=O)CCC[C@@H]4[C@H](CCC1)[C@@H]32. The van der Waals surface area contributed by atoms with Crippen LogP contribution in [-0.2, 0) is 4.79 Å². The van der Waals surface area contributed by atoms with Crippen molar-refractivity contribution in [2.45, 2.75) is 57.0 Å². The molecule has 3 nitrogen and oxygen atoms in total. The van der Waals surface area contributed by atoms with Crippen LogP contribution >= 0.6 is 0 Å². The van der Waals surface area contributed by atoms with Crippen LogP contribution in [0.15, 0.2) is 0 Å². The zero-order valence-corrected chi connectivity index (χ0v) is 12.2. The first-order valence-corrected chi connectivity index (χ1v) is 8.33. The highest BCUT2D eigenvalue weighted by Crippen LogP contribution is 2.47. The third-order valence-electron chi connectivity index (χ3n) is 6.63. The predicted octanol–water partition coefficient (Wildman–Crippen LogP) is 2.02. The Balaban J connectivity index is 1.69. The smallest absolute Gasteiger partial charge is 0.222 e. The number of carbonyl (C=O) groups excluding carboxylic acids is 1. The molecule has 0 aromatic carbocycles. The lowest BCUT2D eigenvalue weighted by Crippen LogP contribution is -2.72. The molecule has 4 saturated heterocycles. The summed E-state index contributed by atoms with van der Waals surface area (Å²) in [5.74, 6) is 2.06. The zero-order valence-electron chi connectivity index (χ0n) is 12.2. The van der Waals surface area contributed by atoms with Crippen LogP contribution < -0.4 is 0 Å². The monoisotopic (exact) mass is 263 g/mol. The van der Waals surface area contributed by atoms with Crippen LogP contribution in [-0.4, -0.2) is 54.1 Å². The van der Waals surface area contributed by atoms with Crippen LogP contribution in [0.25, 0.3) is 0 Å². The quantitative estimate of drug-likeness (QED) is 0.612. The van der Waals surface area contributed by atoms with Crippen LogP contribution in [0.5, 0.6) is 0 Å². The third kappa shape index (κ3) is 1.70. The van der Waals surface area contributed by atoms with Gasteiger partial charge >= 0.3 is 0 Å². The molecule has 19 heavy (non-hydrogen) atoms. The van der Waals surface area contributed by atoms with Gasteiger partial charge in [-0.15, -0.1) is 0 Å². The molecular weight excluding hydrogens is 236 g/mol. The third-order valence-corrected chi connectivity index (χ3v) is 6.63. The van der Waals surface area contributed by atoms with Crippen molar-refractivity contribution >= 4 is 5.91 Å². The van der Waals surface area contributed by atoms with E-state index in [0.29, 0.717) is 11.9 Å². The van der Waals surface area contributed by atoms with Gasteiger partial charge in [0.1, 0.15) is 0 Å². The van der Waals surface area contributed by atoms with Crippen molar-refractivity contribution in [3.8, 4) is 0 Å². The molecule has 0 N–H and O–H groups in total. The summed E-state index contributed by atoms with van der Waals surface area (Å²) >= 11 is 0. The second-order valence-electron chi connectivity index (χ2n) is 7.63. The van der Waals surface area contributed by atoms with E-state index >= 15 is 0 Å². The predicted molar refractivity (Wildman–Crippen MR) is 74.5 cm³/mol. The molecule has 4 aliphatic rings. The molecule has 0 bridgehead atoms. The van der Waals surface area contributed by atoms with Crippen molar-refractivity contribution in [3.05, 3.63) is 0 Å². The molecule has 4 fully saturated rings. The van der Waals surface area contributed by atoms with E-state index in [1.807, 2.05) is 0 Å². The first kappa shape index (κ1) is 12.2. The maximum Gasteiger partial charge on any atom is 0.222 e.